The average molecular weight is 380 g/mol. The van der Waals surface area contributed by atoms with Gasteiger partial charge in [-0.1, -0.05) is 74.5 Å². The van der Waals surface area contributed by atoms with Gasteiger partial charge in [-0.05, 0) is 23.6 Å². The third kappa shape index (κ3) is 5.43. The Morgan fingerprint density at radius 2 is 1.54 bits per heavy atom. The standard InChI is InChI=1S/C24H33N3O/c1-24(2,21-12-8-5-9-13-21)18-23(28)25-19-22(20-10-6-4-7-11-20)27-16-14-26(3)15-17-27/h4-13,22H,14-19H2,1-3H3,(H,25,28). The van der Waals surface area contributed by atoms with E-state index in [-0.39, 0.29) is 17.4 Å². The van der Waals surface area contributed by atoms with Crippen LogP contribution in [0, 0.1) is 0 Å². The van der Waals surface area contributed by atoms with Gasteiger partial charge in [0.1, 0.15) is 0 Å². The summed E-state index contributed by atoms with van der Waals surface area (Å²) in [6, 6.07) is 21.1. The topological polar surface area (TPSA) is 35.6 Å². The molecule has 1 atom stereocenters. The van der Waals surface area contributed by atoms with Crippen LogP contribution in [0.5, 0.6) is 0 Å². The van der Waals surface area contributed by atoms with E-state index in [4.69, 9.17) is 0 Å². The van der Waals surface area contributed by atoms with Crippen LogP contribution >= 0.6 is 0 Å². The average Bonchev–Trinajstić information content (AvgIpc) is 2.70. The summed E-state index contributed by atoms with van der Waals surface area (Å²) in [6.07, 6.45) is 0.487. The summed E-state index contributed by atoms with van der Waals surface area (Å²) >= 11 is 0. The molecule has 2 aromatic carbocycles. The molecular formula is C24H33N3O. The van der Waals surface area contributed by atoms with Gasteiger partial charge in [0.25, 0.3) is 0 Å². The van der Waals surface area contributed by atoms with Crippen molar-refractivity contribution in [2.75, 3.05) is 39.8 Å². The van der Waals surface area contributed by atoms with Gasteiger partial charge in [-0.2, -0.15) is 0 Å². The normalized spacial score (nSPS) is 17.2. The molecule has 2 aromatic rings. The molecular weight excluding hydrogens is 346 g/mol. The van der Waals surface area contributed by atoms with Crippen LogP contribution in [0.1, 0.15) is 37.4 Å². The van der Waals surface area contributed by atoms with Crippen molar-refractivity contribution in [2.24, 2.45) is 0 Å². The van der Waals surface area contributed by atoms with Crippen molar-refractivity contribution in [3.8, 4) is 0 Å². The molecule has 1 N–H and O–H groups in total. The molecule has 0 spiro atoms. The Morgan fingerprint density at radius 3 is 2.14 bits per heavy atom. The largest absolute Gasteiger partial charge is 0.354 e. The van der Waals surface area contributed by atoms with Crippen molar-refractivity contribution in [1.29, 1.82) is 0 Å². The maximum absolute atomic E-state index is 12.8. The zero-order valence-electron chi connectivity index (χ0n) is 17.4. The van der Waals surface area contributed by atoms with Gasteiger partial charge in [-0.3, -0.25) is 9.69 Å². The second-order valence-corrected chi connectivity index (χ2v) is 8.50. The molecule has 1 unspecified atom stereocenters. The molecule has 28 heavy (non-hydrogen) atoms. The second kappa shape index (κ2) is 9.35. The Hall–Kier alpha value is -2.17. The van der Waals surface area contributed by atoms with Crippen LogP contribution in [0.2, 0.25) is 0 Å². The number of hydrogen-bond acceptors (Lipinski definition) is 3. The minimum absolute atomic E-state index is 0.115. The van der Waals surface area contributed by atoms with Crippen LogP contribution in [0.15, 0.2) is 60.7 Å². The highest BCUT2D eigenvalue weighted by Gasteiger charge is 2.27. The van der Waals surface area contributed by atoms with Gasteiger partial charge in [-0.15, -0.1) is 0 Å². The Kier molecular flexibility index (Phi) is 6.87. The number of rotatable bonds is 7. The van der Waals surface area contributed by atoms with E-state index in [1.165, 1.54) is 11.1 Å². The Labute approximate surface area is 169 Å². The maximum Gasteiger partial charge on any atom is 0.220 e. The minimum atomic E-state index is -0.179. The summed E-state index contributed by atoms with van der Waals surface area (Å²) in [6.45, 7) is 9.12. The van der Waals surface area contributed by atoms with Gasteiger partial charge in [0.2, 0.25) is 5.91 Å². The maximum atomic E-state index is 12.8. The molecule has 0 bridgehead atoms. The summed E-state index contributed by atoms with van der Waals surface area (Å²) < 4.78 is 0. The summed E-state index contributed by atoms with van der Waals surface area (Å²) in [5, 5.41) is 3.22. The Balaban J connectivity index is 1.64. The van der Waals surface area contributed by atoms with E-state index in [0.29, 0.717) is 13.0 Å². The monoisotopic (exact) mass is 379 g/mol. The number of piperazine rings is 1. The van der Waals surface area contributed by atoms with Gasteiger partial charge < -0.3 is 10.2 Å². The lowest BCUT2D eigenvalue weighted by Crippen LogP contribution is -2.48. The summed E-state index contributed by atoms with van der Waals surface area (Å²) in [4.78, 5) is 17.6. The van der Waals surface area contributed by atoms with Crippen molar-refractivity contribution in [3.63, 3.8) is 0 Å². The quantitative estimate of drug-likeness (QED) is 0.800. The molecule has 0 aromatic heterocycles. The van der Waals surface area contributed by atoms with Crippen LogP contribution in [0.25, 0.3) is 0 Å². The fraction of sp³-hybridized carbons (Fsp3) is 0.458. The first-order chi connectivity index (χ1) is 13.5. The lowest BCUT2D eigenvalue weighted by Gasteiger charge is -2.38. The zero-order valence-corrected chi connectivity index (χ0v) is 17.4. The number of carbonyl (C=O) groups is 1. The predicted molar refractivity (Wildman–Crippen MR) is 115 cm³/mol. The highest BCUT2D eigenvalue weighted by molar-refractivity contribution is 5.77. The molecule has 0 aliphatic carbocycles. The van der Waals surface area contributed by atoms with Gasteiger partial charge in [-0.25, -0.2) is 0 Å². The summed E-state index contributed by atoms with van der Waals surface area (Å²) in [5.41, 5.74) is 2.29. The van der Waals surface area contributed by atoms with E-state index in [9.17, 15) is 4.79 Å². The van der Waals surface area contributed by atoms with Crippen molar-refractivity contribution in [1.82, 2.24) is 15.1 Å². The minimum Gasteiger partial charge on any atom is -0.354 e. The number of hydrogen-bond donors (Lipinski definition) is 1. The molecule has 1 aliphatic heterocycles. The molecule has 1 aliphatic rings. The van der Waals surface area contributed by atoms with Crippen LogP contribution in [0.3, 0.4) is 0 Å². The summed E-state index contributed by atoms with van der Waals surface area (Å²) in [5.74, 6) is 0.115. The van der Waals surface area contributed by atoms with E-state index < -0.39 is 0 Å². The van der Waals surface area contributed by atoms with Crippen LogP contribution in [0.4, 0.5) is 0 Å². The van der Waals surface area contributed by atoms with Crippen molar-refractivity contribution < 1.29 is 4.79 Å². The van der Waals surface area contributed by atoms with Crippen LogP contribution in [-0.2, 0) is 10.2 Å². The molecule has 1 amide bonds. The first kappa shape index (κ1) is 20.6. The fourth-order valence-electron chi connectivity index (χ4n) is 3.93. The van der Waals surface area contributed by atoms with E-state index >= 15 is 0 Å². The first-order valence-electron chi connectivity index (χ1n) is 10.3. The lowest BCUT2D eigenvalue weighted by molar-refractivity contribution is -0.122. The van der Waals surface area contributed by atoms with E-state index in [2.05, 4.69) is 72.4 Å². The molecule has 4 nitrogen and oxygen atoms in total. The molecule has 0 radical (unpaired) electrons. The smallest absolute Gasteiger partial charge is 0.220 e. The van der Waals surface area contributed by atoms with Gasteiger partial charge in [0.05, 0.1) is 6.04 Å². The van der Waals surface area contributed by atoms with Gasteiger partial charge in [0.15, 0.2) is 0 Å². The van der Waals surface area contributed by atoms with E-state index in [1.54, 1.807) is 0 Å². The lowest BCUT2D eigenvalue weighted by atomic mass is 9.81. The van der Waals surface area contributed by atoms with Crippen LogP contribution in [-0.4, -0.2) is 55.5 Å². The number of amides is 1. The molecule has 0 saturated carbocycles. The number of nitrogens with one attached hydrogen (secondary N) is 1. The molecule has 1 fully saturated rings. The van der Waals surface area contributed by atoms with E-state index in [0.717, 1.165) is 26.2 Å². The van der Waals surface area contributed by atoms with E-state index in [1.807, 2.05) is 24.3 Å². The molecule has 1 saturated heterocycles. The molecule has 4 heteroatoms. The SMILES string of the molecule is CN1CCN(C(CNC(=O)CC(C)(C)c2ccccc2)c2ccccc2)CC1. The van der Waals surface area contributed by atoms with Crippen molar-refractivity contribution in [2.45, 2.75) is 31.7 Å². The van der Waals surface area contributed by atoms with Gasteiger partial charge >= 0.3 is 0 Å². The molecule has 3 rings (SSSR count). The third-order valence-electron chi connectivity index (χ3n) is 5.81. The van der Waals surface area contributed by atoms with Gasteiger partial charge in [0, 0.05) is 39.1 Å². The number of carbonyl (C=O) groups excluding carboxylic acids is 1. The highest BCUT2D eigenvalue weighted by Crippen LogP contribution is 2.27. The second-order valence-electron chi connectivity index (χ2n) is 8.50. The predicted octanol–water partition coefficient (Wildman–Crippen LogP) is 3.46. The zero-order chi connectivity index (χ0) is 20.0. The fourth-order valence-corrected chi connectivity index (χ4v) is 3.93. The van der Waals surface area contributed by atoms with Crippen molar-refractivity contribution >= 4 is 5.91 Å². The Bertz CT molecular complexity index is 737. The number of nitrogens with zero attached hydrogens (tertiary/aromatic N) is 2. The first-order valence-corrected chi connectivity index (χ1v) is 10.3. The molecule has 150 valence electrons. The van der Waals surface area contributed by atoms with Crippen molar-refractivity contribution in [3.05, 3.63) is 71.8 Å². The molecule has 1 heterocycles. The highest BCUT2D eigenvalue weighted by atomic mass is 16.1. The summed E-state index contributed by atoms with van der Waals surface area (Å²) in [7, 11) is 2.17. The number of benzene rings is 2. The Morgan fingerprint density at radius 1 is 0.964 bits per heavy atom. The third-order valence-corrected chi connectivity index (χ3v) is 5.81. The number of likely N-dealkylation sites (N-methyl/N-ethyl adjacent to an activating group) is 1. The van der Waals surface area contributed by atoms with Crippen LogP contribution < -0.4 is 5.32 Å².